The van der Waals surface area contributed by atoms with Crippen LogP contribution in [0.3, 0.4) is 0 Å². The van der Waals surface area contributed by atoms with E-state index < -0.39 is 9.73 Å². The molecule has 1 saturated carbocycles. The minimum atomic E-state index is -2.36. The number of anilines is 1. The molecule has 5 rings (SSSR count). The van der Waals surface area contributed by atoms with Crippen molar-refractivity contribution in [2.45, 2.75) is 43.9 Å². The number of aromatic amines is 1. The zero-order chi connectivity index (χ0) is 20.7. The van der Waals surface area contributed by atoms with Gasteiger partial charge >= 0.3 is 0 Å². The van der Waals surface area contributed by atoms with Crippen LogP contribution in [0, 0.1) is 0 Å². The lowest BCUT2D eigenvalue weighted by atomic mass is 10.2. The minimum Gasteiger partial charge on any atom is -0.377 e. The number of nitrogens with zero attached hydrogens (tertiary/aromatic N) is 6. The molecule has 9 nitrogen and oxygen atoms in total. The van der Waals surface area contributed by atoms with E-state index in [1.807, 2.05) is 12.1 Å². The van der Waals surface area contributed by atoms with Crippen LogP contribution in [-0.4, -0.2) is 66.5 Å². The number of hydrogen-bond donors (Lipinski definition) is 1. The van der Waals surface area contributed by atoms with E-state index in [2.05, 4.69) is 27.1 Å². The van der Waals surface area contributed by atoms with Crippen molar-refractivity contribution in [2.24, 2.45) is 4.36 Å². The predicted molar refractivity (Wildman–Crippen MR) is 117 cm³/mol. The summed E-state index contributed by atoms with van der Waals surface area (Å²) in [5.74, 6) is 1.53. The Hall–Kier alpha value is -2.46. The van der Waals surface area contributed by atoms with E-state index >= 15 is 0 Å². The number of rotatable bonds is 4. The van der Waals surface area contributed by atoms with Crippen LogP contribution in [0.2, 0.25) is 0 Å². The highest BCUT2D eigenvalue weighted by Gasteiger charge is 2.26. The third-order valence-electron chi connectivity index (χ3n) is 6.08. The summed E-state index contributed by atoms with van der Waals surface area (Å²) >= 11 is 0. The molecule has 30 heavy (non-hydrogen) atoms. The van der Waals surface area contributed by atoms with E-state index in [4.69, 9.17) is 14.1 Å². The first-order valence-electron chi connectivity index (χ1n) is 10.5. The van der Waals surface area contributed by atoms with E-state index in [-0.39, 0.29) is 11.3 Å². The Morgan fingerprint density at radius 2 is 2.17 bits per heavy atom. The van der Waals surface area contributed by atoms with Crippen LogP contribution < -0.4 is 4.90 Å². The Balaban J connectivity index is 1.69. The van der Waals surface area contributed by atoms with Gasteiger partial charge in [0.15, 0.2) is 11.5 Å². The Labute approximate surface area is 176 Å². The summed E-state index contributed by atoms with van der Waals surface area (Å²) in [4.78, 5) is 7.15. The molecule has 2 atom stereocenters. The summed E-state index contributed by atoms with van der Waals surface area (Å²) in [5.41, 5.74) is 1.37. The Bertz CT molecular complexity index is 1160. The number of fused-ring (bicyclic) bond motifs is 1. The molecule has 1 aliphatic heterocycles. The van der Waals surface area contributed by atoms with Crippen molar-refractivity contribution in [3.05, 3.63) is 24.5 Å². The highest BCUT2D eigenvalue weighted by atomic mass is 32.2. The van der Waals surface area contributed by atoms with Gasteiger partial charge < -0.3 is 9.64 Å². The maximum absolute atomic E-state index is 13.5. The van der Waals surface area contributed by atoms with E-state index in [1.165, 1.54) is 0 Å². The van der Waals surface area contributed by atoms with Crippen LogP contribution in [0.25, 0.3) is 16.9 Å². The lowest BCUT2D eigenvalue weighted by molar-refractivity contribution is 0.0985. The van der Waals surface area contributed by atoms with Crippen LogP contribution in [0.5, 0.6) is 0 Å². The topological polar surface area (TPSA) is 101 Å². The Kier molecular flexibility index (Phi) is 4.98. The van der Waals surface area contributed by atoms with Gasteiger partial charge in [0, 0.05) is 30.2 Å². The number of nitrogens with one attached hydrogen (secondary N) is 1. The van der Waals surface area contributed by atoms with Gasteiger partial charge in [0.1, 0.15) is 5.82 Å². The van der Waals surface area contributed by atoms with Gasteiger partial charge in [-0.15, -0.1) is 0 Å². The SMILES string of the molecule is C[C@@H]1COCCN1c1cc(N=[S@](C)(=O)C2CCCC2)c2cnn(-c3ccn[nH]3)c2n1. The molecule has 0 bridgehead atoms. The molecule has 0 aromatic carbocycles. The molecule has 4 heterocycles. The summed E-state index contributed by atoms with van der Waals surface area (Å²) in [6.07, 6.45) is 9.45. The van der Waals surface area contributed by atoms with E-state index in [1.54, 1.807) is 23.3 Å². The molecule has 3 aromatic heterocycles. The zero-order valence-electron chi connectivity index (χ0n) is 17.3. The molecule has 2 aliphatic rings. The fraction of sp³-hybridized carbons (Fsp3) is 0.550. The maximum atomic E-state index is 13.5. The largest absolute Gasteiger partial charge is 0.377 e. The number of morpholine rings is 1. The van der Waals surface area contributed by atoms with Gasteiger partial charge in [0.25, 0.3) is 0 Å². The molecular weight excluding hydrogens is 402 g/mol. The van der Waals surface area contributed by atoms with Gasteiger partial charge in [0.05, 0.1) is 52.5 Å². The standard InChI is InChI=1S/C20H27N7O2S/c1-14-13-29-10-9-26(14)19-11-17(25-30(2,28)15-5-3-4-6-15)16-12-22-27(20(16)23-19)18-7-8-21-24-18/h7-8,11-12,14-15H,3-6,9-10,13H2,1-2H3,(H,21,24)/t14-,30-/m1/s1. The molecular formula is C20H27N7O2S. The fourth-order valence-electron chi connectivity index (χ4n) is 4.40. The van der Waals surface area contributed by atoms with Crippen LogP contribution >= 0.6 is 0 Å². The molecule has 10 heteroatoms. The monoisotopic (exact) mass is 429 g/mol. The molecule has 0 amide bonds. The van der Waals surface area contributed by atoms with Gasteiger partial charge in [-0.05, 0) is 19.8 Å². The molecule has 0 spiro atoms. The van der Waals surface area contributed by atoms with Crippen molar-refractivity contribution < 1.29 is 8.95 Å². The first-order valence-corrected chi connectivity index (χ1v) is 12.5. The van der Waals surface area contributed by atoms with Gasteiger partial charge in [-0.2, -0.15) is 19.2 Å². The summed E-state index contributed by atoms with van der Waals surface area (Å²) in [7, 11) is -2.36. The quantitative estimate of drug-likeness (QED) is 0.684. The van der Waals surface area contributed by atoms with Crippen molar-refractivity contribution in [1.82, 2.24) is 25.0 Å². The molecule has 0 unspecified atom stereocenters. The van der Waals surface area contributed by atoms with Crippen LogP contribution in [-0.2, 0) is 14.5 Å². The molecule has 1 saturated heterocycles. The minimum absolute atomic E-state index is 0.147. The van der Waals surface area contributed by atoms with Crippen LogP contribution in [0.4, 0.5) is 11.5 Å². The molecule has 160 valence electrons. The third kappa shape index (κ3) is 3.47. The number of hydrogen-bond acceptors (Lipinski definition) is 7. The van der Waals surface area contributed by atoms with Gasteiger partial charge in [-0.3, -0.25) is 5.10 Å². The lowest BCUT2D eigenvalue weighted by Gasteiger charge is -2.34. The third-order valence-corrected chi connectivity index (χ3v) is 8.35. The summed E-state index contributed by atoms with van der Waals surface area (Å²) < 4.78 is 25.7. The lowest BCUT2D eigenvalue weighted by Crippen LogP contribution is -2.44. The molecule has 1 aliphatic carbocycles. The van der Waals surface area contributed by atoms with Gasteiger partial charge in [-0.25, -0.2) is 9.19 Å². The second kappa shape index (κ2) is 7.66. The molecule has 2 fully saturated rings. The molecule has 0 radical (unpaired) electrons. The van der Waals surface area contributed by atoms with Crippen molar-refractivity contribution in [3.8, 4) is 5.82 Å². The second-order valence-corrected chi connectivity index (χ2v) is 10.8. The van der Waals surface area contributed by atoms with Crippen molar-refractivity contribution >= 4 is 32.3 Å². The first kappa shape index (κ1) is 19.5. The van der Waals surface area contributed by atoms with Crippen molar-refractivity contribution in [3.63, 3.8) is 0 Å². The number of H-pyrrole nitrogens is 1. The maximum Gasteiger partial charge on any atom is 0.169 e. The molecule has 3 aromatic rings. The zero-order valence-corrected chi connectivity index (χ0v) is 18.1. The highest BCUT2D eigenvalue weighted by molar-refractivity contribution is 7.93. The Morgan fingerprint density at radius 1 is 1.33 bits per heavy atom. The first-order chi connectivity index (χ1) is 14.5. The second-order valence-electron chi connectivity index (χ2n) is 8.21. The van der Waals surface area contributed by atoms with Gasteiger partial charge in [-0.1, -0.05) is 12.8 Å². The average Bonchev–Trinajstić information content (AvgIpc) is 3.48. The van der Waals surface area contributed by atoms with Gasteiger partial charge in [0.2, 0.25) is 0 Å². The average molecular weight is 430 g/mol. The highest BCUT2D eigenvalue weighted by Crippen LogP contribution is 2.34. The van der Waals surface area contributed by atoms with Crippen molar-refractivity contribution in [2.75, 3.05) is 30.9 Å². The van der Waals surface area contributed by atoms with Crippen LogP contribution in [0.1, 0.15) is 32.6 Å². The van der Waals surface area contributed by atoms with E-state index in [0.717, 1.165) is 49.2 Å². The Morgan fingerprint density at radius 3 is 2.90 bits per heavy atom. The van der Waals surface area contributed by atoms with Crippen LogP contribution in [0.15, 0.2) is 28.9 Å². The van der Waals surface area contributed by atoms with E-state index in [9.17, 15) is 4.21 Å². The van der Waals surface area contributed by atoms with E-state index in [0.29, 0.717) is 24.5 Å². The smallest absolute Gasteiger partial charge is 0.169 e. The number of ether oxygens (including phenoxy) is 1. The predicted octanol–water partition coefficient (Wildman–Crippen LogP) is 3.04. The summed E-state index contributed by atoms with van der Waals surface area (Å²) in [6, 6.07) is 4.00. The molecule has 1 N–H and O–H groups in total. The summed E-state index contributed by atoms with van der Waals surface area (Å²) in [6.45, 7) is 4.18. The fourth-order valence-corrected chi connectivity index (χ4v) is 6.30. The summed E-state index contributed by atoms with van der Waals surface area (Å²) in [5, 5.41) is 12.4. The number of aromatic nitrogens is 5. The normalized spacial score (nSPS) is 22.5. The van der Waals surface area contributed by atoms with Crippen molar-refractivity contribution in [1.29, 1.82) is 0 Å². The number of pyridine rings is 1.